The van der Waals surface area contributed by atoms with Crippen molar-refractivity contribution in [2.75, 3.05) is 24.2 Å². The van der Waals surface area contributed by atoms with Crippen LogP contribution in [0.5, 0.6) is 0 Å². The Balaban J connectivity index is 1.67. The third kappa shape index (κ3) is 2.71. The van der Waals surface area contributed by atoms with Crippen LogP contribution in [0.15, 0.2) is 24.3 Å². The fourth-order valence-corrected chi connectivity index (χ4v) is 3.53. The molecule has 2 heterocycles. The molecule has 19 heavy (non-hydrogen) atoms. The molecule has 1 aliphatic heterocycles. The van der Waals surface area contributed by atoms with Crippen molar-refractivity contribution in [2.24, 2.45) is 0 Å². The normalized spacial score (nSPS) is 15.2. The van der Waals surface area contributed by atoms with Gasteiger partial charge in [-0.05, 0) is 12.1 Å². The fraction of sp³-hybridized carbons (Fsp3) is 0.250. The quantitative estimate of drug-likeness (QED) is 0.944. The molecule has 2 amide bonds. The van der Waals surface area contributed by atoms with Gasteiger partial charge in [-0.1, -0.05) is 35.2 Å². The van der Waals surface area contributed by atoms with E-state index in [4.69, 9.17) is 0 Å². The van der Waals surface area contributed by atoms with Crippen LogP contribution in [0.1, 0.15) is 0 Å². The third-order valence-electron chi connectivity index (χ3n) is 2.72. The smallest absolute Gasteiger partial charge is 0.282 e. The number of benzene rings is 1. The average molecular weight is 293 g/mol. The van der Waals surface area contributed by atoms with Crippen molar-refractivity contribution >= 4 is 49.6 Å². The Labute approximate surface area is 118 Å². The Morgan fingerprint density at radius 1 is 1.42 bits per heavy atom. The standard InChI is InChI=1S/C12H11N3O2S2/c16-10(7-15-5-6-18-12(15)17)14-11-13-8-3-1-2-4-9(8)19-11/h1-4H,5-7H2,(H,13,14,16). The van der Waals surface area contributed by atoms with E-state index in [0.29, 0.717) is 11.7 Å². The molecule has 1 aromatic carbocycles. The highest BCUT2D eigenvalue weighted by Gasteiger charge is 2.23. The molecule has 0 spiro atoms. The van der Waals surface area contributed by atoms with Gasteiger partial charge >= 0.3 is 0 Å². The number of hydrogen-bond acceptors (Lipinski definition) is 5. The number of aromatic nitrogens is 1. The summed E-state index contributed by atoms with van der Waals surface area (Å²) in [5.41, 5.74) is 0.871. The van der Waals surface area contributed by atoms with Gasteiger partial charge in [0.05, 0.1) is 10.2 Å². The van der Waals surface area contributed by atoms with Gasteiger partial charge in [-0.15, -0.1) is 0 Å². The second-order valence-electron chi connectivity index (χ2n) is 4.07. The second kappa shape index (κ2) is 5.18. The predicted octanol–water partition coefficient (Wildman–Crippen LogP) is 2.40. The molecule has 1 N–H and O–H groups in total. The maximum atomic E-state index is 11.8. The maximum absolute atomic E-state index is 11.8. The van der Waals surface area contributed by atoms with Gasteiger partial charge in [-0.2, -0.15) is 0 Å². The van der Waals surface area contributed by atoms with Gasteiger partial charge in [-0.3, -0.25) is 9.59 Å². The van der Waals surface area contributed by atoms with Gasteiger partial charge in [0.25, 0.3) is 5.24 Å². The first-order chi connectivity index (χ1) is 9.22. The summed E-state index contributed by atoms with van der Waals surface area (Å²) >= 11 is 2.68. The molecule has 0 bridgehead atoms. The number of para-hydroxylation sites is 1. The van der Waals surface area contributed by atoms with Crippen LogP contribution < -0.4 is 5.32 Å². The largest absolute Gasteiger partial charge is 0.323 e. The number of thiazole rings is 1. The van der Waals surface area contributed by atoms with Crippen LogP contribution >= 0.6 is 23.1 Å². The van der Waals surface area contributed by atoms with Crippen molar-refractivity contribution in [1.29, 1.82) is 0 Å². The number of nitrogens with one attached hydrogen (secondary N) is 1. The fourth-order valence-electron chi connectivity index (χ4n) is 1.83. The van der Waals surface area contributed by atoms with E-state index in [9.17, 15) is 9.59 Å². The molecular formula is C12H11N3O2S2. The Bertz CT molecular complexity index is 608. The number of anilines is 1. The molecule has 0 saturated carbocycles. The van der Waals surface area contributed by atoms with Crippen LogP contribution in [0, 0.1) is 0 Å². The van der Waals surface area contributed by atoms with E-state index >= 15 is 0 Å². The number of fused-ring (bicyclic) bond motifs is 1. The summed E-state index contributed by atoms with van der Waals surface area (Å²) in [7, 11) is 0. The van der Waals surface area contributed by atoms with Gasteiger partial charge in [0.2, 0.25) is 5.91 Å². The molecule has 0 atom stereocenters. The van der Waals surface area contributed by atoms with E-state index in [0.717, 1.165) is 16.0 Å². The molecular weight excluding hydrogens is 282 g/mol. The summed E-state index contributed by atoms with van der Waals surface area (Å²) in [6, 6.07) is 7.71. The van der Waals surface area contributed by atoms with Crippen molar-refractivity contribution < 1.29 is 9.59 Å². The number of rotatable bonds is 3. The van der Waals surface area contributed by atoms with Gasteiger partial charge < -0.3 is 10.2 Å². The zero-order valence-corrected chi connectivity index (χ0v) is 11.6. The molecule has 1 saturated heterocycles. The zero-order chi connectivity index (χ0) is 13.2. The van der Waals surface area contributed by atoms with Crippen LogP contribution in [0.2, 0.25) is 0 Å². The Kier molecular flexibility index (Phi) is 3.39. The molecule has 7 heteroatoms. The summed E-state index contributed by atoms with van der Waals surface area (Å²) in [5, 5.41) is 3.29. The predicted molar refractivity (Wildman–Crippen MR) is 77.7 cm³/mol. The van der Waals surface area contributed by atoms with Crippen molar-refractivity contribution in [3.8, 4) is 0 Å². The number of hydrogen-bond donors (Lipinski definition) is 1. The van der Waals surface area contributed by atoms with Crippen LogP contribution in [-0.2, 0) is 4.79 Å². The molecule has 3 rings (SSSR count). The molecule has 98 valence electrons. The lowest BCUT2D eigenvalue weighted by Gasteiger charge is -2.12. The van der Waals surface area contributed by atoms with Gasteiger partial charge in [0, 0.05) is 12.3 Å². The molecule has 5 nitrogen and oxygen atoms in total. The highest BCUT2D eigenvalue weighted by Crippen LogP contribution is 2.25. The molecule has 0 unspecified atom stereocenters. The van der Waals surface area contributed by atoms with Gasteiger partial charge in [0.15, 0.2) is 5.13 Å². The lowest BCUT2D eigenvalue weighted by atomic mass is 10.3. The average Bonchev–Trinajstić information content (AvgIpc) is 2.95. The van der Waals surface area contributed by atoms with E-state index in [1.54, 1.807) is 4.90 Å². The van der Waals surface area contributed by atoms with E-state index in [-0.39, 0.29) is 17.7 Å². The van der Waals surface area contributed by atoms with Crippen molar-refractivity contribution in [3.63, 3.8) is 0 Å². The van der Waals surface area contributed by atoms with E-state index in [2.05, 4.69) is 10.3 Å². The lowest BCUT2D eigenvalue weighted by molar-refractivity contribution is -0.116. The minimum absolute atomic E-state index is 0.0283. The topological polar surface area (TPSA) is 62.3 Å². The summed E-state index contributed by atoms with van der Waals surface area (Å²) in [5.74, 6) is 0.558. The number of carbonyl (C=O) groups excluding carboxylic acids is 2. The Hall–Kier alpha value is -1.60. The first-order valence-corrected chi connectivity index (χ1v) is 7.60. The number of nitrogens with zero attached hydrogens (tertiary/aromatic N) is 2. The SMILES string of the molecule is O=C(CN1CCSC1=O)Nc1nc2ccccc2s1. The van der Waals surface area contributed by atoms with Crippen molar-refractivity contribution in [3.05, 3.63) is 24.3 Å². The van der Waals surface area contributed by atoms with E-state index in [1.807, 2.05) is 24.3 Å². The molecule has 0 radical (unpaired) electrons. The lowest BCUT2D eigenvalue weighted by Crippen LogP contribution is -2.33. The monoisotopic (exact) mass is 293 g/mol. The Morgan fingerprint density at radius 2 is 2.26 bits per heavy atom. The third-order valence-corrected chi connectivity index (χ3v) is 4.56. The highest BCUT2D eigenvalue weighted by atomic mass is 32.2. The summed E-state index contributed by atoms with van der Waals surface area (Å²) < 4.78 is 1.03. The molecule has 1 aromatic heterocycles. The minimum atomic E-state index is -0.199. The first kappa shape index (κ1) is 12.4. The second-order valence-corrected chi connectivity index (χ2v) is 6.15. The van der Waals surface area contributed by atoms with Crippen molar-refractivity contribution in [2.45, 2.75) is 0 Å². The maximum Gasteiger partial charge on any atom is 0.282 e. The van der Waals surface area contributed by atoms with Gasteiger partial charge in [-0.25, -0.2) is 4.98 Å². The van der Waals surface area contributed by atoms with E-state index in [1.165, 1.54) is 23.1 Å². The Morgan fingerprint density at radius 3 is 3.00 bits per heavy atom. The molecule has 0 aliphatic carbocycles. The highest BCUT2D eigenvalue weighted by molar-refractivity contribution is 8.13. The zero-order valence-electron chi connectivity index (χ0n) is 9.96. The minimum Gasteiger partial charge on any atom is -0.323 e. The van der Waals surface area contributed by atoms with Crippen LogP contribution in [-0.4, -0.2) is 39.9 Å². The summed E-state index contributed by atoms with van der Waals surface area (Å²) in [6.07, 6.45) is 0. The van der Waals surface area contributed by atoms with E-state index < -0.39 is 0 Å². The molecule has 2 aromatic rings. The number of thioether (sulfide) groups is 1. The number of carbonyl (C=O) groups is 2. The number of amides is 2. The van der Waals surface area contributed by atoms with Crippen LogP contribution in [0.4, 0.5) is 9.93 Å². The summed E-state index contributed by atoms with van der Waals surface area (Å²) in [6.45, 7) is 0.735. The van der Waals surface area contributed by atoms with Gasteiger partial charge in [0.1, 0.15) is 6.54 Å². The van der Waals surface area contributed by atoms with Crippen LogP contribution in [0.25, 0.3) is 10.2 Å². The molecule has 1 aliphatic rings. The van der Waals surface area contributed by atoms with Crippen molar-refractivity contribution in [1.82, 2.24) is 9.88 Å². The molecule has 1 fully saturated rings. The first-order valence-electron chi connectivity index (χ1n) is 5.79. The van der Waals surface area contributed by atoms with Crippen LogP contribution in [0.3, 0.4) is 0 Å². The summed E-state index contributed by atoms with van der Waals surface area (Å²) in [4.78, 5) is 29.1.